The standard InChI is InChI=1S/C12H18N2O4/c1-5-17-12(16)9-10(18-6-7(2)3)11(15)14-8(4)13-9/h7H,5-6H2,1-4H3,(H,13,14,15). The molecule has 0 amide bonds. The molecule has 0 saturated heterocycles. The minimum absolute atomic E-state index is 0.0706. The van der Waals surface area contributed by atoms with Gasteiger partial charge in [-0.05, 0) is 19.8 Å². The van der Waals surface area contributed by atoms with Gasteiger partial charge in [-0.1, -0.05) is 13.8 Å². The van der Waals surface area contributed by atoms with Crippen molar-refractivity contribution in [2.45, 2.75) is 27.7 Å². The van der Waals surface area contributed by atoms with Crippen LogP contribution in [0.2, 0.25) is 0 Å². The van der Waals surface area contributed by atoms with Gasteiger partial charge in [-0.15, -0.1) is 0 Å². The highest BCUT2D eigenvalue weighted by molar-refractivity contribution is 5.90. The first-order valence-corrected chi connectivity index (χ1v) is 5.86. The second-order valence-corrected chi connectivity index (χ2v) is 4.25. The fourth-order valence-corrected chi connectivity index (χ4v) is 1.30. The Bertz CT molecular complexity index is 479. The number of hydrogen-bond acceptors (Lipinski definition) is 5. The van der Waals surface area contributed by atoms with E-state index in [0.29, 0.717) is 12.4 Å². The third-order valence-electron chi connectivity index (χ3n) is 2.03. The first-order valence-electron chi connectivity index (χ1n) is 5.86. The lowest BCUT2D eigenvalue weighted by Crippen LogP contribution is -2.22. The van der Waals surface area contributed by atoms with Crippen molar-refractivity contribution < 1.29 is 14.3 Å². The second kappa shape index (κ2) is 6.18. The van der Waals surface area contributed by atoms with E-state index in [2.05, 4.69) is 9.97 Å². The van der Waals surface area contributed by atoms with Gasteiger partial charge in [-0.2, -0.15) is 0 Å². The summed E-state index contributed by atoms with van der Waals surface area (Å²) in [6.07, 6.45) is 0. The molecular weight excluding hydrogens is 236 g/mol. The van der Waals surface area contributed by atoms with Gasteiger partial charge in [0.15, 0.2) is 5.69 Å². The predicted molar refractivity (Wildman–Crippen MR) is 65.9 cm³/mol. The monoisotopic (exact) mass is 254 g/mol. The zero-order valence-corrected chi connectivity index (χ0v) is 11.1. The van der Waals surface area contributed by atoms with Crippen LogP contribution in [0.25, 0.3) is 0 Å². The molecule has 6 heteroatoms. The zero-order valence-electron chi connectivity index (χ0n) is 11.1. The summed E-state index contributed by atoms with van der Waals surface area (Å²) in [7, 11) is 0. The molecule has 1 heterocycles. The lowest BCUT2D eigenvalue weighted by molar-refractivity contribution is 0.0512. The molecule has 0 aliphatic rings. The van der Waals surface area contributed by atoms with Crippen LogP contribution in [-0.2, 0) is 4.74 Å². The van der Waals surface area contributed by atoms with Gasteiger partial charge in [0.1, 0.15) is 5.82 Å². The number of rotatable bonds is 5. The van der Waals surface area contributed by atoms with Gasteiger partial charge < -0.3 is 14.5 Å². The summed E-state index contributed by atoms with van der Waals surface area (Å²) in [5.74, 6) is -0.140. The Morgan fingerprint density at radius 3 is 2.67 bits per heavy atom. The van der Waals surface area contributed by atoms with Crippen LogP contribution < -0.4 is 10.3 Å². The van der Waals surface area contributed by atoms with Crippen molar-refractivity contribution in [3.05, 3.63) is 21.9 Å². The summed E-state index contributed by atoms with van der Waals surface area (Å²) >= 11 is 0. The van der Waals surface area contributed by atoms with Gasteiger partial charge in [-0.25, -0.2) is 9.78 Å². The number of aromatic nitrogens is 2. The third-order valence-corrected chi connectivity index (χ3v) is 2.03. The molecule has 0 atom stereocenters. The van der Waals surface area contributed by atoms with Crippen LogP contribution in [0.4, 0.5) is 0 Å². The molecule has 0 aliphatic heterocycles. The summed E-state index contributed by atoms with van der Waals surface area (Å²) in [6, 6.07) is 0. The van der Waals surface area contributed by atoms with E-state index < -0.39 is 11.5 Å². The Morgan fingerprint density at radius 2 is 2.11 bits per heavy atom. The summed E-state index contributed by atoms with van der Waals surface area (Å²) in [4.78, 5) is 29.9. The highest BCUT2D eigenvalue weighted by Crippen LogP contribution is 2.12. The van der Waals surface area contributed by atoms with Crippen LogP contribution >= 0.6 is 0 Å². The molecule has 1 aromatic heterocycles. The molecule has 18 heavy (non-hydrogen) atoms. The molecule has 1 aromatic rings. The molecule has 100 valence electrons. The SMILES string of the molecule is CCOC(=O)c1nc(C)[nH]c(=O)c1OCC(C)C. The van der Waals surface area contributed by atoms with Crippen molar-refractivity contribution in [1.82, 2.24) is 9.97 Å². The van der Waals surface area contributed by atoms with Crippen molar-refractivity contribution in [3.63, 3.8) is 0 Å². The fourth-order valence-electron chi connectivity index (χ4n) is 1.30. The number of hydrogen-bond donors (Lipinski definition) is 1. The molecule has 0 aliphatic carbocycles. The quantitative estimate of drug-likeness (QED) is 0.801. The van der Waals surface area contributed by atoms with E-state index in [4.69, 9.17) is 9.47 Å². The Morgan fingerprint density at radius 1 is 1.44 bits per heavy atom. The van der Waals surface area contributed by atoms with E-state index >= 15 is 0 Å². The maximum Gasteiger partial charge on any atom is 0.361 e. The minimum Gasteiger partial charge on any atom is -0.486 e. The number of esters is 1. The number of nitrogens with zero attached hydrogens (tertiary/aromatic N) is 1. The van der Waals surface area contributed by atoms with Crippen LogP contribution in [0.15, 0.2) is 4.79 Å². The Kier molecular flexibility index (Phi) is 4.88. The Hall–Kier alpha value is -1.85. The summed E-state index contributed by atoms with van der Waals surface area (Å²) in [5, 5.41) is 0. The highest BCUT2D eigenvalue weighted by atomic mass is 16.5. The van der Waals surface area contributed by atoms with Crippen LogP contribution in [0.3, 0.4) is 0 Å². The van der Waals surface area contributed by atoms with Crippen LogP contribution in [-0.4, -0.2) is 29.2 Å². The smallest absolute Gasteiger partial charge is 0.361 e. The highest BCUT2D eigenvalue weighted by Gasteiger charge is 2.20. The van der Waals surface area contributed by atoms with Gasteiger partial charge >= 0.3 is 5.97 Å². The van der Waals surface area contributed by atoms with Gasteiger partial charge in [-0.3, -0.25) is 4.79 Å². The minimum atomic E-state index is -0.648. The number of H-pyrrole nitrogens is 1. The fraction of sp³-hybridized carbons (Fsp3) is 0.583. The van der Waals surface area contributed by atoms with Gasteiger partial charge in [0.25, 0.3) is 5.56 Å². The molecule has 0 radical (unpaired) electrons. The van der Waals surface area contributed by atoms with Crippen molar-refractivity contribution in [2.24, 2.45) is 5.92 Å². The average Bonchev–Trinajstić information content (AvgIpc) is 2.26. The molecule has 0 saturated carbocycles. The molecular formula is C12H18N2O4. The largest absolute Gasteiger partial charge is 0.486 e. The zero-order chi connectivity index (χ0) is 13.7. The molecule has 1 rings (SSSR count). The number of ether oxygens (including phenoxy) is 2. The third kappa shape index (κ3) is 3.58. The van der Waals surface area contributed by atoms with E-state index in [1.165, 1.54) is 0 Å². The van der Waals surface area contributed by atoms with Gasteiger partial charge in [0, 0.05) is 0 Å². The lowest BCUT2D eigenvalue weighted by atomic mass is 10.2. The molecule has 0 aromatic carbocycles. The van der Waals surface area contributed by atoms with Crippen LogP contribution in [0.1, 0.15) is 37.1 Å². The second-order valence-electron chi connectivity index (χ2n) is 4.25. The van der Waals surface area contributed by atoms with Gasteiger partial charge in [0.2, 0.25) is 5.75 Å². The van der Waals surface area contributed by atoms with E-state index in [9.17, 15) is 9.59 Å². The first-order chi connectivity index (χ1) is 8.45. The molecule has 1 N–H and O–H groups in total. The predicted octanol–water partition coefficient (Wildman–Crippen LogP) is 1.29. The Balaban J connectivity index is 3.12. The molecule has 0 spiro atoms. The summed E-state index contributed by atoms with van der Waals surface area (Å²) in [6.45, 7) is 7.72. The summed E-state index contributed by atoms with van der Waals surface area (Å²) < 4.78 is 10.2. The number of aromatic amines is 1. The number of nitrogens with one attached hydrogen (secondary N) is 1. The van der Waals surface area contributed by atoms with Crippen LogP contribution in [0, 0.1) is 12.8 Å². The van der Waals surface area contributed by atoms with E-state index in [1.807, 2.05) is 13.8 Å². The van der Waals surface area contributed by atoms with E-state index in [1.54, 1.807) is 13.8 Å². The van der Waals surface area contributed by atoms with Crippen molar-refractivity contribution in [3.8, 4) is 5.75 Å². The average molecular weight is 254 g/mol. The molecule has 6 nitrogen and oxygen atoms in total. The number of carbonyl (C=O) groups excluding carboxylic acids is 1. The molecule has 0 fully saturated rings. The maximum atomic E-state index is 11.8. The molecule has 0 bridgehead atoms. The van der Waals surface area contributed by atoms with Crippen molar-refractivity contribution in [2.75, 3.05) is 13.2 Å². The summed E-state index contributed by atoms with van der Waals surface area (Å²) in [5.41, 5.74) is -0.537. The lowest BCUT2D eigenvalue weighted by Gasteiger charge is -2.11. The van der Waals surface area contributed by atoms with Gasteiger partial charge in [0.05, 0.1) is 13.2 Å². The normalized spacial score (nSPS) is 10.5. The Labute approximate surface area is 105 Å². The van der Waals surface area contributed by atoms with Crippen molar-refractivity contribution >= 4 is 5.97 Å². The van der Waals surface area contributed by atoms with E-state index in [0.717, 1.165) is 0 Å². The topological polar surface area (TPSA) is 81.3 Å². The van der Waals surface area contributed by atoms with E-state index in [-0.39, 0.29) is 24.0 Å². The van der Waals surface area contributed by atoms with Crippen LogP contribution in [0.5, 0.6) is 5.75 Å². The molecule has 0 unspecified atom stereocenters. The van der Waals surface area contributed by atoms with Crippen molar-refractivity contribution in [1.29, 1.82) is 0 Å². The number of carbonyl (C=O) groups is 1. The number of aryl methyl sites for hydroxylation is 1. The maximum absolute atomic E-state index is 11.8. The first kappa shape index (κ1) is 14.2.